The molecular weight excluding hydrogens is 242 g/mol. The van der Waals surface area contributed by atoms with E-state index in [0.29, 0.717) is 6.04 Å². The van der Waals surface area contributed by atoms with Crippen LogP contribution in [-0.4, -0.2) is 19.8 Å². The van der Waals surface area contributed by atoms with Crippen molar-refractivity contribution in [3.63, 3.8) is 0 Å². The van der Waals surface area contributed by atoms with Crippen molar-refractivity contribution in [3.05, 3.63) is 21.9 Å². The number of thiophene rings is 1. The van der Waals surface area contributed by atoms with Gasteiger partial charge in [-0.3, -0.25) is 0 Å². The van der Waals surface area contributed by atoms with Crippen LogP contribution in [-0.2, 0) is 11.2 Å². The molecule has 2 heterocycles. The maximum Gasteiger partial charge on any atom is 0.0469 e. The molecule has 2 nitrogen and oxygen atoms in total. The van der Waals surface area contributed by atoms with Crippen molar-refractivity contribution in [1.29, 1.82) is 0 Å². The number of rotatable bonds is 6. The van der Waals surface area contributed by atoms with Gasteiger partial charge in [0.05, 0.1) is 0 Å². The Labute approximate surface area is 115 Å². The molecule has 0 aliphatic carbocycles. The Kier molecular flexibility index (Phi) is 5.67. The van der Waals surface area contributed by atoms with Crippen LogP contribution in [0.2, 0.25) is 0 Å². The fraction of sp³-hybridized carbons (Fsp3) is 0.733. The average molecular weight is 267 g/mol. The Hall–Kier alpha value is -0.380. The molecule has 102 valence electrons. The second-order valence-electron chi connectivity index (χ2n) is 5.05. The first-order valence-electron chi connectivity index (χ1n) is 7.24. The van der Waals surface area contributed by atoms with Crippen LogP contribution < -0.4 is 5.32 Å². The summed E-state index contributed by atoms with van der Waals surface area (Å²) < 4.78 is 5.50. The molecule has 1 unspecified atom stereocenters. The van der Waals surface area contributed by atoms with E-state index in [1.807, 2.05) is 11.3 Å². The summed E-state index contributed by atoms with van der Waals surface area (Å²) in [4.78, 5) is 1.57. The van der Waals surface area contributed by atoms with Crippen LogP contribution in [0.5, 0.6) is 0 Å². The predicted octanol–water partition coefficient (Wildman–Crippen LogP) is 3.78. The first kappa shape index (κ1) is 14.0. The van der Waals surface area contributed by atoms with Crippen LogP contribution in [0.3, 0.4) is 0 Å². The van der Waals surface area contributed by atoms with E-state index in [0.717, 1.165) is 32.1 Å². The normalized spacial score (nSPS) is 19.0. The first-order valence-corrected chi connectivity index (χ1v) is 8.12. The molecular formula is C15H25NOS. The van der Waals surface area contributed by atoms with Crippen LogP contribution in [0.25, 0.3) is 0 Å². The Morgan fingerprint density at radius 3 is 2.83 bits per heavy atom. The lowest BCUT2D eigenvalue weighted by Crippen LogP contribution is -2.32. The van der Waals surface area contributed by atoms with E-state index in [1.165, 1.54) is 24.8 Å². The molecule has 3 heteroatoms. The van der Waals surface area contributed by atoms with Gasteiger partial charge in [0, 0.05) is 24.1 Å². The predicted molar refractivity (Wildman–Crippen MR) is 78.3 cm³/mol. The highest BCUT2D eigenvalue weighted by Crippen LogP contribution is 2.35. The maximum absolute atomic E-state index is 5.50. The van der Waals surface area contributed by atoms with Crippen molar-refractivity contribution in [3.8, 4) is 0 Å². The van der Waals surface area contributed by atoms with Gasteiger partial charge < -0.3 is 10.1 Å². The van der Waals surface area contributed by atoms with Crippen molar-refractivity contribution in [2.75, 3.05) is 19.8 Å². The summed E-state index contributed by atoms with van der Waals surface area (Å²) >= 11 is 1.92. The third kappa shape index (κ3) is 3.34. The van der Waals surface area contributed by atoms with E-state index in [1.54, 1.807) is 4.88 Å². The fourth-order valence-corrected chi connectivity index (χ4v) is 3.90. The van der Waals surface area contributed by atoms with Gasteiger partial charge in [-0.2, -0.15) is 0 Å². The molecule has 1 N–H and O–H groups in total. The average Bonchev–Trinajstić information content (AvgIpc) is 2.89. The second kappa shape index (κ2) is 7.27. The largest absolute Gasteiger partial charge is 0.381 e. The molecule has 1 saturated heterocycles. The highest BCUT2D eigenvalue weighted by molar-refractivity contribution is 7.10. The van der Waals surface area contributed by atoms with Crippen molar-refractivity contribution >= 4 is 11.3 Å². The van der Waals surface area contributed by atoms with E-state index in [2.05, 4.69) is 30.6 Å². The van der Waals surface area contributed by atoms with Gasteiger partial charge in [0.1, 0.15) is 0 Å². The molecule has 0 spiro atoms. The highest BCUT2D eigenvalue weighted by atomic mass is 32.1. The second-order valence-corrected chi connectivity index (χ2v) is 5.99. The topological polar surface area (TPSA) is 21.3 Å². The maximum atomic E-state index is 5.50. The molecule has 1 aliphatic heterocycles. The first-order chi connectivity index (χ1) is 8.86. The molecule has 1 aromatic heterocycles. The molecule has 1 atom stereocenters. The summed E-state index contributed by atoms with van der Waals surface area (Å²) in [7, 11) is 0. The zero-order chi connectivity index (χ0) is 12.8. The van der Waals surface area contributed by atoms with Crippen molar-refractivity contribution in [1.82, 2.24) is 5.32 Å². The molecule has 0 bridgehead atoms. The van der Waals surface area contributed by atoms with E-state index in [-0.39, 0.29) is 0 Å². The van der Waals surface area contributed by atoms with Crippen LogP contribution in [0.4, 0.5) is 0 Å². The minimum Gasteiger partial charge on any atom is -0.381 e. The minimum atomic E-state index is 0.545. The molecule has 0 amide bonds. The number of hydrogen-bond acceptors (Lipinski definition) is 3. The van der Waals surface area contributed by atoms with E-state index >= 15 is 0 Å². The lowest BCUT2D eigenvalue weighted by atomic mass is 9.89. The van der Waals surface area contributed by atoms with E-state index in [4.69, 9.17) is 4.74 Å². The summed E-state index contributed by atoms with van der Waals surface area (Å²) in [6, 6.07) is 2.84. The smallest absolute Gasteiger partial charge is 0.0469 e. The quantitative estimate of drug-likeness (QED) is 0.847. The van der Waals surface area contributed by atoms with Crippen LogP contribution in [0.15, 0.2) is 11.4 Å². The molecule has 1 aromatic rings. The number of aryl methyl sites for hydroxylation is 1. The van der Waals surface area contributed by atoms with Gasteiger partial charge in [-0.1, -0.05) is 13.8 Å². The number of nitrogens with one attached hydrogen (secondary N) is 1. The zero-order valence-electron chi connectivity index (χ0n) is 11.6. The molecule has 1 fully saturated rings. The highest BCUT2D eigenvalue weighted by Gasteiger charge is 2.27. The van der Waals surface area contributed by atoms with Gasteiger partial charge in [0.2, 0.25) is 0 Å². The summed E-state index contributed by atoms with van der Waals surface area (Å²) in [6.07, 6.45) is 4.74. The van der Waals surface area contributed by atoms with Crippen LogP contribution in [0, 0.1) is 5.92 Å². The van der Waals surface area contributed by atoms with Crippen molar-refractivity contribution < 1.29 is 4.74 Å². The third-order valence-electron chi connectivity index (χ3n) is 3.80. The fourth-order valence-electron chi connectivity index (χ4n) is 2.73. The Bertz CT molecular complexity index is 344. The molecule has 0 saturated carbocycles. The molecule has 0 radical (unpaired) electrons. The summed E-state index contributed by atoms with van der Waals surface area (Å²) in [5, 5.41) is 6.02. The summed E-state index contributed by atoms with van der Waals surface area (Å²) in [6.45, 7) is 7.47. The Morgan fingerprint density at radius 2 is 2.17 bits per heavy atom. The van der Waals surface area contributed by atoms with Gasteiger partial charge in [0.15, 0.2) is 0 Å². The van der Waals surface area contributed by atoms with Crippen molar-refractivity contribution in [2.24, 2.45) is 5.92 Å². The molecule has 0 aromatic carbocycles. The lowest BCUT2D eigenvalue weighted by Gasteiger charge is -2.31. The van der Waals surface area contributed by atoms with Gasteiger partial charge in [-0.15, -0.1) is 11.3 Å². The zero-order valence-corrected chi connectivity index (χ0v) is 12.4. The molecule has 18 heavy (non-hydrogen) atoms. The van der Waals surface area contributed by atoms with Crippen LogP contribution >= 0.6 is 11.3 Å². The van der Waals surface area contributed by atoms with Gasteiger partial charge in [-0.25, -0.2) is 0 Å². The SMILES string of the molecule is CCCNC(c1sccc1CC)C1CCOCC1. The standard InChI is InChI=1S/C15H25NOS/c1-3-8-16-14(13-5-9-17-10-6-13)15-12(4-2)7-11-18-15/h7,11,13-14,16H,3-6,8-10H2,1-2H3. The molecule has 2 rings (SSSR count). The van der Waals surface area contributed by atoms with Crippen molar-refractivity contribution in [2.45, 2.75) is 45.6 Å². The Morgan fingerprint density at radius 1 is 1.39 bits per heavy atom. The van der Waals surface area contributed by atoms with E-state index < -0.39 is 0 Å². The van der Waals surface area contributed by atoms with E-state index in [9.17, 15) is 0 Å². The number of hydrogen-bond donors (Lipinski definition) is 1. The minimum absolute atomic E-state index is 0.545. The molecule has 1 aliphatic rings. The summed E-state index contributed by atoms with van der Waals surface area (Å²) in [5.41, 5.74) is 1.53. The van der Waals surface area contributed by atoms with Gasteiger partial charge in [0.25, 0.3) is 0 Å². The van der Waals surface area contributed by atoms with Crippen LogP contribution in [0.1, 0.15) is 49.6 Å². The third-order valence-corrected chi connectivity index (χ3v) is 4.84. The summed E-state index contributed by atoms with van der Waals surface area (Å²) in [5.74, 6) is 0.745. The number of ether oxygens (including phenoxy) is 1. The van der Waals surface area contributed by atoms with Gasteiger partial charge in [-0.05, 0) is 55.2 Å². The Balaban J connectivity index is 2.12. The monoisotopic (exact) mass is 267 g/mol. The van der Waals surface area contributed by atoms with Gasteiger partial charge >= 0.3 is 0 Å². The lowest BCUT2D eigenvalue weighted by molar-refractivity contribution is 0.0539.